The lowest BCUT2D eigenvalue weighted by atomic mass is 10.0. The van der Waals surface area contributed by atoms with Crippen LogP contribution in [-0.4, -0.2) is 25.2 Å². The zero-order chi connectivity index (χ0) is 12.7. The Balaban J connectivity index is 2.21. The predicted octanol–water partition coefficient (Wildman–Crippen LogP) is 2.70. The van der Waals surface area contributed by atoms with Crippen LogP contribution in [0, 0.1) is 0 Å². The molecule has 0 amide bonds. The fraction of sp³-hybridized carbons (Fsp3) is 0.750. The molecule has 1 aromatic rings. The second-order valence-electron chi connectivity index (χ2n) is 5.24. The molecular formula is C12H20N2O2S. The van der Waals surface area contributed by atoms with Crippen LogP contribution < -0.4 is 5.32 Å². The summed E-state index contributed by atoms with van der Waals surface area (Å²) < 4.78 is 11.0. The first-order valence-corrected chi connectivity index (χ1v) is 6.63. The molecule has 5 heteroatoms. The van der Waals surface area contributed by atoms with Crippen molar-refractivity contribution in [3.63, 3.8) is 0 Å². The Labute approximate surface area is 106 Å². The quantitative estimate of drug-likeness (QED) is 0.841. The number of nitrogens with one attached hydrogen (secondary N) is 1. The summed E-state index contributed by atoms with van der Waals surface area (Å²) in [5.74, 6) is 0. The number of aromatic nitrogens is 1. The number of hydrogen-bond acceptors (Lipinski definition) is 5. The number of methoxy groups -OCH3 is 1. The van der Waals surface area contributed by atoms with Crippen LogP contribution in [-0.2, 0) is 20.7 Å². The molecule has 0 aromatic carbocycles. The average molecular weight is 256 g/mol. The Morgan fingerprint density at radius 1 is 1.29 bits per heavy atom. The minimum absolute atomic E-state index is 0.238. The molecule has 0 spiro atoms. The summed E-state index contributed by atoms with van der Waals surface area (Å²) in [6.45, 7) is 9.80. The van der Waals surface area contributed by atoms with Crippen LogP contribution in [0.1, 0.15) is 38.3 Å². The molecular weight excluding hydrogens is 236 g/mol. The monoisotopic (exact) mass is 256 g/mol. The highest BCUT2D eigenvalue weighted by Gasteiger charge is 2.46. The second kappa shape index (κ2) is 4.23. The molecule has 0 unspecified atom stereocenters. The lowest BCUT2D eigenvalue weighted by Crippen LogP contribution is -2.23. The molecule has 0 atom stereocenters. The third kappa shape index (κ3) is 2.32. The van der Waals surface area contributed by atoms with E-state index in [2.05, 4.69) is 38.0 Å². The first kappa shape index (κ1) is 12.8. The second-order valence-corrected chi connectivity index (χ2v) is 6.24. The third-order valence-corrected chi connectivity index (χ3v) is 4.16. The molecule has 2 rings (SSSR count). The Kier molecular flexibility index (Phi) is 3.18. The van der Waals surface area contributed by atoms with Gasteiger partial charge in [-0.15, -0.1) is 0 Å². The van der Waals surface area contributed by atoms with E-state index < -0.39 is 0 Å². The zero-order valence-corrected chi connectivity index (χ0v) is 11.9. The van der Waals surface area contributed by atoms with Gasteiger partial charge in [-0.3, -0.25) is 0 Å². The molecule has 4 nitrogen and oxygen atoms in total. The molecule has 1 N–H and O–H groups in total. The highest BCUT2D eigenvalue weighted by Crippen LogP contribution is 2.49. The van der Waals surface area contributed by atoms with E-state index >= 15 is 0 Å². The molecule has 0 bridgehead atoms. The Morgan fingerprint density at radius 3 is 2.59 bits per heavy atom. The fourth-order valence-corrected chi connectivity index (χ4v) is 3.38. The highest BCUT2D eigenvalue weighted by molar-refractivity contribution is 7.15. The molecule has 0 aliphatic carbocycles. The summed E-state index contributed by atoms with van der Waals surface area (Å²) in [7, 11) is 1.70. The van der Waals surface area contributed by atoms with Crippen LogP contribution in [0.3, 0.4) is 0 Å². The summed E-state index contributed by atoms with van der Waals surface area (Å²) in [4.78, 5) is 5.86. The van der Waals surface area contributed by atoms with Crippen molar-refractivity contribution >= 4 is 16.5 Å². The summed E-state index contributed by atoms with van der Waals surface area (Å²) in [6.07, 6.45) is 0. The van der Waals surface area contributed by atoms with Gasteiger partial charge in [-0.2, -0.15) is 0 Å². The largest absolute Gasteiger partial charge is 0.383 e. The van der Waals surface area contributed by atoms with Crippen LogP contribution >= 0.6 is 11.3 Å². The van der Waals surface area contributed by atoms with Crippen LogP contribution in [0.2, 0.25) is 0 Å². The molecule has 0 saturated heterocycles. The van der Waals surface area contributed by atoms with Gasteiger partial charge >= 0.3 is 0 Å². The van der Waals surface area contributed by atoms with Gasteiger partial charge in [-0.1, -0.05) is 11.3 Å². The van der Waals surface area contributed by atoms with Gasteiger partial charge in [0, 0.05) is 13.7 Å². The number of nitrogens with zero attached hydrogens (tertiary/aromatic N) is 1. The molecule has 96 valence electrons. The van der Waals surface area contributed by atoms with Gasteiger partial charge in [0.05, 0.1) is 22.8 Å². The van der Waals surface area contributed by atoms with Crippen LogP contribution in [0.25, 0.3) is 0 Å². The van der Waals surface area contributed by atoms with Gasteiger partial charge in [0.25, 0.3) is 0 Å². The molecule has 1 aliphatic heterocycles. The minimum Gasteiger partial charge on any atom is -0.383 e. The van der Waals surface area contributed by atoms with Crippen molar-refractivity contribution in [2.24, 2.45) is 0 Å². The lowest BCUT2D eigenvalue weighted by molar-refractivity contribution is -0.105. The molecule has 0 saturated carbocycles. The van der Waals surface area contributed by atoms with Gasteiger partial charge in [0.15, 0.2) is 5.13 Å². The van der Waals surface area contributed by atoms with E-state index in [1.807, 2.05) is 0 Å². The van der Waals surface area contributed by atoms with Gasteiger partial charge in [0.1, 0.15) is 5.60 Å². The van der Waals surface area contributed by atoms with Crippen molar-refractivity contribution in [2.45, 2.75) is 38.9 Å². The molecule has 1 aliphatic rings. The summed E-state index contributed by atoms with van der Waals surface area (Å²) in [5.41, 5.74) is 0.529. The number of rotatable bonds is 4. The van der Waals surface area contributed by atoms with Crippen LogP contribution in [0.5, 0.6) is 0 Å². The van der Waals surface area contributed by atoms with E-state index in [1.165, 1.54) is 4.88 Å². The summed E-state index contributed by atoms with van der Waals surface area (Å²) in [6, 6.07) is 0. The van der Waals surface area contributed by atoms with Crippen molar-refractivity contribution in [3.8, 4) is 0 Å². The highest BCUT2D eigenvalue weighted by atomic mass is 32.1. The maximum atomic E-state index is 6.02. The first-order valence-electron chi connectivity index (χ1n) is 5.81. The number of fused-ring (bicyclic) bond motifs is 1. The number of ether oxygens (including phenoxy) is 2. The van der Waals surface area contributed by atoms with Crippen LogP contribution in [0.15, 0.2) is 0 Å². The van der Waals surface area contributed by atoms with Crippen LogP contribution in [0.4, 0.5) is 5.13 Å². The number of anilines is 1. The summed E-state index contributed by atoms with van der Waals surface area (Å²) >= 11 is 1.68. The van der Waals surface area contributed by atoms with Gasteiger partial charge in [-0.05, 0) is 27.7 Å². The fourth-order valence-electron chi connectivity index (χ4n) is 2.20. The van der Waals surface area contributed by atoms with Crippen molar-refractivity contribution in [2.75, 3.05) is 25.6 Å². The van der Waals surface area contributed by atoms with Crippen molar-refractivity contribution in [1.29, 1.82) is 0 Å². The Morgan fingerprint density at radius 2 is 2.00 bits per heavy atom. The first-order chi connectivity index (χ1) is 7.87. The predicted molar refractivity (Wildman–Crippen MR) is 69.6 cm³/mol. The molecule has 17 heavy (non-hydrogen) atoms. The van der Waals surface area contributed by atoms with E-state index in [4.69, 9.17) is 9.47 Å². The molecule has 0 fully saturated rings. The zero-order valence-electron chi connectivity index (χ0n) is 11.1. The SMILES string of the molecule is COCCNc1nc2c(s1)C(C)(C)OC2(C)C. The van der Waals surface area contributed by atoms with Gasteiger partial charge in [-0.25, -0.2) is 4.98 Å². The summed E-state index contributed by atoms with van der Waals surface area (Å²) in [5, 5.41) is 4.23. The minimum atomic E-state index is -0.295. The van der Waals surface area contributed by atoms with E-state index in [1.54, 1.807) is 18.4 Å². The Bertz CT molecular complexity index is 381. The molecule has 1 aromatic heterocycles. The Hall–Kier alpha value is -0.650. The van der Waals surface area contributed by atoms with E-state index in [9.17, 15) is 0 Å². The van der Waals surface area contributed by atoms with E-state index in [0.717, 1.165) is 17.4 Å². The van der Waals surface area contributed by atoms with E-state index in [0.29, 0.717) is 6.61 Å². The van der Waals surface area contributed by atoms with Crippen molar-refractivity contribution in [3.05, 3.63) is 10.6 Å². The topological polar surface area (TPSA) is 43.4 Å². The van der Waals surface area contributed by atoms with Gasteiger partial charge < -0.3 is 14.8 Å². The maximum absolute atomic E-state index is 6.02. The van der Waals surface area contributed by atoms with Crippen molar-refractivity contribution in [1.82, 2.24) is 4.98 Å². The smallest absolute Gasteiger partial charge is 0.183 e. The normalized spacial score (nSPS) is 20.3. The van der Waals surface area contributed by atoms with E-state index in [-0.39, 0.29) is 11.2 Å². The van der Waals surface area contributed by atoms with Crippen molar-refractivity contribution < 1.29 is 9.47 Å². The maximum Gasteiger partial charge on any atom is 0.183 e. The van der Waals surface area contributed by atoms with Gasteiger partial charge in [0.2, 0.25) is 0 Å². The molecule has 0 radical (unpaired) electrons. The third-order valence-electron chi connectivity index (χ3n) is 2.84. The lowest BCUT2D eigenvalue weighted by Gasteiger charge is -2.24. The number of hydrogen-bond donors (Lipinski definition) is 1. The average Bonchev–Trinajstić information content (AvgIpc) is 2.67. The number of thiazole rings is 1. The molecule has 2 heterocycles. The standard InChI is InChI=1S/C12H20N2O2S/c1-11(2)8-9(12(3,4)16-11)17-10(14-8)13-6-7-15-5/h6-7H2,1-5H3,(H,13,14).